The molecule has 1 heterocycles. The lowest BCUT2D eigenvalue weighted by Crippen LogP contribution is -2.11. The van der Waals surface area contributed by atoms with Crippen LogP contribution in [0.25, 0.3) is 10.9 Å². The number of nitrogens with one attached hydrogen (secondary N) is 1. The van der Waals surface area contributed by atoms with Crippen molar-refractivity contribution < 1.29 is 9.53 Å². The Morgan fingerprint density at radius 1 is 1.53 bits per heavy atom. The van der Waals surface area contributed by atoms with Crippen LogP contribution in [0, 0.1) is 0 Å². The van der Waals surface area contributed by atoms with Crippen molar-refractivity contribution in [2.45, 2.75) is 6.42 Å². The lowest BCUT2D eigenvalue weighted by atomic mass is 10.1. The molecule has 0 atom stereocenters. The van der Waals surface area contributed by atoms with E-state index in [1.54, 1.807) is 6.20 Å². The highest BCUT2D eigenvalue weighted by Crippen LogP contribution is 2.29. The zero-order valence-corrected chi connectivity index (χ0v) is 12.0. The van der Waals surface area contributed by atoms with Crippen molar-refractivity contribution in [3.8, 4) is 0 Å². The van der Waals surface area contributed by atoms with Crippen molar-refractivity contribution in [3.63, 3.8) is 0 Å². The zero-order valence-electron chi connectivity index (χ0n) is 10.4. The second kappa shape index (κ2) is 5.88. The number of hydrogen-bond donors (Lipinski definition) is 2. The first kappa shape index (κ1) is 13.6. The van der Waals surface area contributed by atoms with Gasteiger partial charge in [-0.25, -0.2) is 0 Å². The van der Waals surface area contributed by atoms with Crippen LogP contribution >= 0.6 is 15.9 Å². The Balaban J connectivity index is 2.27. The van der Waals surface area contributed by atoms with E-state index < -0.39 is 0 Å². The molecule has 19 heavy (non-hydrogen) atoms. The summed E-state index contributed by atoms with van der Waals surface area (Å²) in [5.74, 6) is -0.259. The number of halogens is 1. The van der Waals surface area contributed by atoms with E-state index in [2.05, 4.69) is 31.0 Å². The Kier molecular flexibility index (Phi) is 4.21. The Morgan fingerprint density at radius 3 is 3.05 bits per heavy atom. The van der Waals surface area contributed by atoms with Gasteiger partial charge in [0.05, 0.1) is 36.6 Å². The van der Waals surface area contributed by atoms with Gasteiger partial charge in [-0.3, -0.25) is 9.78 Å². The van der Waals surface area contributed by atoms with Crippen LogP contribution in [-0.4, -0.2) is 24.6 Å². The fraction of sp³-hybridized carbons (Fsp3) is 0.231. The number of nitrogens with two attached hydrogens (primary N) is 1. The van der Waals surface area contributed by atoms with Gasteiger partial charge in [-0.1, -0.05) is 15.9 Å². The maximum atomic E-state index is 11.1. The van der Waals surface area contributed by atoms with Crippen LogP contribution < -0.4 is 11.1 Å². The predicted molar refractivity (Wildman–Crippen MR) is 79.0 cm³/mol. The molecule has 0 amide bonds. The smallest absolute Gasteiger partial charge is 0.307 e. The number of hydrogen-bond acceptors (Lipinski definition) is 5. The van der Waals surface area contributed by atoms with E-state index in [4.69, 9.17) is 5.73 Å². The molecule has 0 spiro atoms. The number of esters is 1. The van der Waals surface area contributed by atoms with Crippen LogP contribution in [-0.2, 0) is 9.53 Å². The number of methoxy groups -OCH3 is 1. The molecule has 2 rings (SSSR count). The summed E-state index contributed by atoms with van der Waals surface area (Å²) in [5, 5.41) is 4.08. The summed E-state index contributed by atoms with van der Waals surface area (Å²) in [6.45, 7) is 0.461. The van der Waals surface area contributed by atoms with Gasteiger partial charge in [0.15, 0.2) is 0 Å². The molecule has 1 aromatic heterocycles. The van der Waals surface area contributed by atoms with Gasteiger partial charge in [0, 0.05) is 16.4 Å². The lowest BCUT2D eigenvalue weighted by Gasteiger charge is -2.12. The number of ether oxygens (including phenoxy) is 1. The summed E-state index contributed by atoms with van der Waals surface area (Å²) in [6.07, 6.45) is 1.89. The average Bonchev–Trinajstić information content (AvgIpc) is 2.41. The molecule has 6 heteroatoms. The molecule has 0 aliphatic rings. The molecule has 0 saturated heterocycles. The maximum absolute atomic E-state index is 11.1. The molecule has 0 radical (unpaired) electrons. The van der Waals surface area contributed by atoms with E-state index in [1.807, 2.05) is 18.2 Å². The SMILES string of the molecule is COC(=O)CCNc1c(N)cnc2ccc(Br)cc12. The van der Waals surface area contributed by atoms with E-state index in [-0.39, 0.29) is 12.4 Å². The Hall–Kier alpha value is -1.82. The number of nitrogen functional groups attached to an aromatic ring is 1. The van der Waals surface area contributed by atoms with E-state index in [0.717, 1.165) is 21.1 Å². The number of nitrogens with zero attached hydrogens (tertiary/aromatic N) is 1. The molecular weight excluding hydrogens is 310 g/mol. The second-order valence-electron chi connectivity index (χ2n) is 4.00. The molecule has 0 aliphatic heterocycles. The summed E-state index contributed by atoms with van der Waals surface area (Å²) in [5.41, 5.74) is 8.11. The number of rotatable bonds is 4. The van der Waals surface area contributed by atoms with Crippen molar-refractivity contribution in [2.24, 2.45) is 0 Å². The molecule has 0 unspecified atom stereocenters. The molecule has 3 N–H and O–H groups in total. The summed E-state index contributed by atoms with van der Waals surface area (Å²) in [7, 11) is 1.37. The number of pyridine rings is 1. The first-order valence-corrected chi connectivity index (χ1v) is 6.55. The fourth-order valence-corrected chi connectivity index (χ4v) is 2.13. The highest BCUT2D eigenvalue weighted by molar-refractivity contribution is 9.10. The monoisotopic (exact) mass is 323 g/mol. The van der Waals surface area contributed by atoms with Crippen LogP contribution in [0.5, 0.6) is 0 Å². The van der Waals surface area contributed by atoms with Gasteiger partial charge in [-0.05, 0) is 18.2 Å². The molecule has 0 fully saturated rings. The van der Waals surface area contributed by atoms with Crippen LogP contribution in [0.3, 0.4) is 0 Å². The zero-order chi connectivity index (χ0) is 13.8. The molecule has 100 valence electrons. The third kappa shape index (κ3) is 3.14. The van der Waals surface area contributed by atoms with Crippen LogP contribution in [0.4, 0.5) is 11.4 Å². The van der Waals surface area contributed by atoms with Gasteiger partial charge in [-0.2, -0.15) is 0 Å². The standard InChI is InChI=1S/C13H14BrN3O2/c1-19-12(18)4-5-16-13-9-6-8(14)2-3-11(9)17-7-10(13)15/h2-3,6-7H,4-5,15H2,1H3,(H,16,17). The average molecular weight is 324 g/mol. The highest BCUT2D eigenvalue weighted by atomic mass is 79.9. The highest BCUT2D eigenvalue weighted by Gasteiger charge is 2.08. The second-order valence-corrected chi connectivity index (χ2v) is 4.92. The fourth-order valence-electron chi connectivity index (χ4n) is 1.77. The Morgan fingerprint density at radius 2 is 2.32 bits per heavy atom. The van der Waals surface area contributed by atoms with Crippen LogP contribution in [0.15, 0.2) is 28.9 Å². The first-order chi connectivity index (χ1) is 9.11. The molecule has 2 aromatic rings. The first-order valence-electron chi connectivity index (χ1n) is 5.76. The minimum Gasteiger partial charge on any atom is -0.469 e. The topological polar surface area (TPSA) is 77.2 Å². The minimum absolute atomic E-state index is 0.259. The number of anilines is 2. The van der Waals surface area contributed by atoms with Crippen molar-refractivity contribution in [2.75, 3.05) is 24.7 Å². The Labute approximate surface area is 119 Å². The molecular formula is C13H14BrN3O2. The Bertz CT molecular complexity index is 611. The van der Waals surface area contributed by atoms with Crippen molar-refractivity contribution in [1.29, 1.82) is 0 Å². The van der Waals surface area contributed by atoms with E-state index in [1.165, 1.54) is 7.11 Å². The molecule has 0 bridgehead atoms. The van der Waals surface area contributed by atoms with Gasteiger partial charge in [0.2, 0.25) is 0 Å². The number of fused-ring (bicyclic) bond motifs is 1. The van der Waals surface area contributed by atoms with Gasteiger partial charge in [0.1, 0.15) is 0 Å². The van der Waals surface area contributed by atoms with Gasteiger partial charge < -0.3 is 15.8 Å². The van der Waals surface area contributed by atoms with Crippen molar-refractivity contribution in [3.05, 3.63) is 28.9 Å². The largest absolute Gasteiger partial charge is 0.469 e. The summed E-state index contributed by atoms with van der Waals surface area (Å²) < 4.78 is 5.54. The van der Waals surface area contributed by atoms with E-state index >= 15 is 0 Å². The van der Waals surface area contributed by atoms with Crippen molar-refractivity contribution >= 4 is 44.2 Å². The maximum Gasteiger partial charge on any atom is 0.307 e. The van der Waals surface area contributed by atoms with Gasteiger partial charge >= 0.3 is 5.97 Å². The molecule has 1 aromatic carbocycles. The lowest BCUT2D eigenvalue weighted by molar-refractivity contribution is -0.140. The number of carbonyl (C=O) groups excluding carboxylic acids is 1. The van der Waals surface area contributed by atoms with Gasteiger partial charge in [-0.15, -0.1) is 0 Å². The number of aromatic nitrogens is 1. The van der Waals surface area contributed by atoms with Gasteiger partial charge in [0.25, 0.3) is 0 Å². The quantitative estimate of drug-likeness (QED) is 0.845. The normalized spacial score (nSPS) is 10.4. The minimum atomic E-state index is -0.259. The predicted octanol–water partition coefficient (Wildman–Crippen LogP) is 2.55. The van der Waals surface area contributed by atoms with Crippen LogP contribution in [0.2, 0.25) is 0 Å². The molecule has 5 nitrogen and oxygen atoms in total. The summed E-state index contributed by atoms with van der Waals surface area (Å²) in [6, 6.07) is 5.77. The number of benzene rings is 1. The summed E-state index contributed by atoms with van der Waals surface area (Å²) >= 11 is 3.42. The van der Waals surface area contributed by atoms with E-state index in [0.29, 0.717) is 12.2 Å². The summed E-state index contributed by atoms with van der Waals surface area (Å²) in [4.78, 5) is 15.4. The van der Waals surface area contributed by atoms with Crippen molar-refractivity contribution in [1.82, 2.24) is 4.98 Å². The number of carbonyl (C=O) groups is 1. The van der Waals surface area contributed by atoms with E-state index in [9.17, 15) is 4.79 Å². The molecule has 0 aliphatic carbocycles. The molecule has 0 saturated carbocycles. The van der Waals surface area contributed by atoms with Crippen LogP contribution in [0.1, 0.15) is 6.42 Å². The third-order valence-corrected chi connectivity index (χ3v) is 3.21. The third-order valence-electron chi connectivity index (χ3n) is 2.72.